The number of furan rings is 2. The van der Waals surface area contributed by atoms with Gasteiger partial charge in [-0.25, -0.2) is 0 Å². The molecule has 3 nitrogen and oxygen atoms in total. The van der Waals surface area contributed by atoms with Crippen LogP contribution in [0.5, 0.6) is 0 Å². The lowest BCUT2D eigenvalue weighted by molar-refractivity contribution is 0.669. The fourth-order valence-corrected chi connectivity index (χ4v) is 7.42. The average molecular weight is 628 g/mol. The van der Waals surface area contributed by atoms with Crippen LogP contribution in [0.15, 0.2) is 185 Å². The second kappa shape index (κ2) is 11.0. The number of anilines is 3. The van der Waals surface area contributed by atoms with E-state index in [0.717, 1.165) is 71.9 Å². The molecule has 3 heteroatoms. The SMILES string of the molecule is c1ccc(-c2ccc(N(c3cccc4c3oc3ccccc34)c3cccc4oc5c6ccccc6c(-c6ccccc6)cc5c34)cc2)cc1. The highest BCUT2D eigenvalue weighted by atomic mass is 16.3. The maximum absolute atomic E-state index is 6.78. The average Bonchev–Trinajstić information content (AvgIpc) is 3.75. The molecule has 0 aliphatic carbocycles. The summed E-state index contributed by atoms with van der Waals surface area (Å²) in [6.45, 7) is 0. The zero-order valence-corrected chi connectivity index (χ0v) is 26.5. The number of hydrogen-bond donors (Lipinski definition) is 0. The molecule has 0 bridgehead atoms. The summed E-state index contributed by atoms with van der Waals surface area (Å²) >= 11 is 0. The monoisotopic (exact) mass is 627 g/mol. The third-order valence-corrected chi connectivity index (χ3v) is 9.66. The maximum Gasteiger partial charge on any atom is 0.159 e. The first-order chi connectivity index (χ1) is 24.3. The van der Waals surface area contributed by atoms with Crippen LogP contribution in [-0.2, 0) is 0 Å². The maximum atomic E-state index is 6.78. The minimum atomic E-state index is 0.838. The third kappa shape index (κ3) is 4.37. The molecule has 0 unspecified atom stereocenters. The van der Waals surface area contributed by atoms with Crippen molar-refractivity contribution >= 4 is 71.7 Å². The molecule has 0 fully saturated rings. The van der Waals surface area contributed by atoms with Gasteiger partial charge in [-0.15, -0.1) is 0 Å². The molecule has 49 heavy (non-hydrogen) atoms. The van der Waals surface area contributed by atoms with E-state index in [1.165, 1.54) is 22.1 Å². The Labute approximate surface area is 282 Å². The van der Waals surface area contributed by atoms with E-state index < -0.39 is 0 Å². The van der Waals surface area contributed by atoms with Crippen LogP contribution in [0.2, 0.25) is 0 Å². The number of nitrogens with zero attached hydrogens (tertiary/aromatic N) is 1. The van der Waals surface area contributed by atoms with Gasteiger partial charge in [0.15, 0.2) is 5.58 Å². The molecule has 10 rings (SSSR count). The highest BCUT2D eigenvalue weighted by Gasteiger charge is 2.24. The lowest BCUT2D eigenvalue weighted by Gasteiger charge is -2.26. The molecule has 0 aliphatic rings. The smallest absolute Gasteiger partial charge is 0.159 e. The van der Waals surface area contributed by atoms with Crippen molar-refractivity contribution in [3.8, 4) is 22.3 Å². The van der Waals surface area contributed by atoms with E-state index in [1.807, 2.05) is 12.1 Å². The second-order valence-corrected chi connectivity index (χ2v) is 12.5. The van der Waals surface area contributed by atoms with Crippen LogP contribution in [0.4, 0.5) is 17.1 Å². The number of rotatable bonds is 5. The molecule has 0 amide bonds. The van der Waals surface area contributed by atoms with Crippen molar-refractivity contribution in [2.45, 2.75) is 0 Å². The predicted octanol–water partition coefficient (Wildman–Crippen LogP) is 13.4. The molecule has 0 spiro atoms. The number of fused-ring (bicyclic) bond motifs is 8. The van der Waals surface area contributed by atoms with E-state index in [1.54, 1.807) is 0 Å². The second-order valence-electron chi connectivity index (χ2n) is 12.5. The Morgan fingerprint density at radius 1 is 0.347 bits per heavy atom. The quantitative estimate of drug-likeness (QED) is 0.190. The van der Waals surface area contributed by atoms with Crippen LogP contribution in [0.25, 0.3) is 76.9 Å². The van der Waals surface area contributed by atoms with Gasteiger partial charge in [-0.3, -0.25) is 0 Å². The van der Waals surface area contributed by atoms with Crippen molar-refractivity contribution < 1.29 is 8.83 Å². The van der Waals surface area contributed by atoms with E-state index in [0.29, 0.717) is 0 Å². The minimum Gasteiger partial charge on any atom is -0.455 e. The first-order valence-electron chi connectivity index (χ1n) is 16.6. The van der Waals surface area contributed by atoms with Crippen LogP contribution >= 0.6 is 0 Å². The topological polar surface area (TPSA) is 29.5 Å². The molecular weight excluding hydrogens is 599 g/mol. The zero-order valence-electron chi connectivity index (χ0n) is 26.5. The fraction of sp³-hybridized carbons (Fsp3) is 0. The summed E-state index contributed by atoms with van der Waals surface area (Å²) in [5, 5.41) is 6.58. The Morgan fingerprint density at radius 2 is 0.898 bits per heavy atom. The molecular formula is C46H29NO2. The van der Waals surface area contributed by atoms with Gasteiger partial charge in [0.1, 0.15) is 16.7 Å². The summed E-state index contributed by atoms with van der Waals surface area (Å²) in [5.41, 5.74) is 11.2. The van der Waals surface area contributed by atoms with Gasteiger partial charge in [0.25, 0.3) is 0 Å². The Balaban J connectivity index is 1.28. The molecule has 2 heterocycles. The van der Waals surface area contributed by atoms with E-state index in [-0.39, 0.29) is 0 Å². The fourth-order valence-electron chi connectivity index (χ4n) is 7.42. The van der Waals surface area contributed by atoms with Gasteiger partial charge in [-0.05, 0) is 70.1 Å². The van der Waals surface area contributed by atoms with Crippen molar-refractivity contribution in [3.05, 3.63) is 176 Å². The van der Waals surface area contributed by atoms with Crippen molar-refractivity contribution in [3.63, 3.8) is 0 Å². The molecule has 0 saturated carbocycles. The Kier molecular flexibility index (Phi) is 6.18. The van der Waals surface area contributed by atoms with Gasteiger partial charge >= 0.3 is 0 Å². The summed E-state index contributed by atoms with van der Waals surface area (Å²) in [6, 6.07) is 61.8. The van der Waals surface area contributed by atoms with E-state index in [4.69, 9.17) is 8.83 Å². The van der Waals surface area contributed by atoms with Crippen molar-refractivity contribution in [1.29, 1.82) is 0 Å². The summed E-state index contributed by atoms with van der Waals surface area (Å²) in [5.74, 6) is 0. The van der Waals surface area contributed by atoms with Crippen molar-refractivity contribution in [2.75, 3.05) is 4.90 Å². The van der Waals surface area contributed by atoms with E-state index >= 15 is 0 Å². The molecule has 0 saturated heterocycles. The van der Waals surface area contributed by atoms with E-state index in [2.05, 4.69) is 169 Å². The summed E-state index contributed by atoms with van der Waals surface area (Å²) in [7, 11) is 0. The summed E-state index contributed by atoms with van der Waals surface area (Å²) in [6.07, 6.45) is 0. The number of benzene rings is 8. The molecule has 8 aromatic carbocycles. The molecule has 10 aromatic rings. The van der Waals surface area contributed by atoms with E-state index in [9.17, 15) is 0 Å². The first kappa shape index (κ1) is 27.5. The highest BCUT2D eigenvalue weighted by Crippen LogP contribution is 2.48. The van der Waals surface area contributed by atoms with Crippen LogP contribution in [0, 0.1) is 0 Å². The van der Waals surface area contributed by atoms with Crippen LogP contribution in [0.1, 0.15) is 0 Å². The lowest BCUT2D eigenvalue weighted by atomic mass is 9.95. The van der Waals surface area contributed by atoms with Crippen LogP contribution in [-0.4, -0.2) is 0 Å². The third-order valence-electron chi connectivity index (χ3n) is 9.66. The van der Waals surface area contributed by atoms with Gasteiger partial charge in [0.2, 0.25) is 0 Å². The standard InChI is InChI=1S/C46H29NO2/c1-3-13-30(14-4-1)31-25-27-33(28-26-31)47(41-22-11-20-37-35-18-9-10-23-42(35)48-46(37)41)40-21-12-24-43-44(40)39-29-38(32-15-5-2-6-16-32)34-17-7-8-19-36(34)45(39)49-43/h1-29H. The van der Waals surface area contributed by atoms with Gasteiger partial charge in [-0.1, -0.05) is 133 Å². The Hall–Kier alpha value is -6.58. The van der Waals surface area contributed by atoms with Crippen molar-refractivity contribution in [2.24, 2.45) is 0 Å². The van der Waals surface area contributed by atoms with Crippen molar-refractivity contribution in [1.82, 2.24) is 0 Å². The Morgan fingerprint density at radius 3 is 1.69 bits per heavy atom. The zero-order chi connectivity index (χ0) is 32.3. The van der Waals surface area contributed by atoms with Gasteiger partial charge in [0, 0.05) is 27.2 Å². The predicted molar refractivity (Wildman–Crippen MR) is 204 cm³/mol. The first-order valence-corrected chi connectivity index (χ1v) is 16.6. The molecule has 0 N–H and O–H groups in total. The van der Waals surface area contributed by atoms with Crippen LogP contribution in [0.3, 0.4) is 0 Å². The molecule has 0 atom stereocenters. The van der Waals surface area contributed by atoms with Gasteiger partial charge in [0.05, 0.1) is 16.8 Å². The number of hydrogen-bond acceptors (Lipinski definition) is 3. The number of para-hydroxylation sites is 2. The summed E-state index contributed by atoms with van der Waals surface area (Å²) < 4.78 is 13.4. The minimum absolute atomic E-state index is 0.838. The van der Waals surface area contributed by atoms with Crippen LogP contribution < -0.4 is 4.90 Å². The summed E-state index contributed by atoms with van der Waals surface area (Å²) in [4.78, 5) is 2.33. The molecule has 230 valence electrons. The normalized spacial score (nSPS) is 11.7. The lowest BCUT2D eigenvalue weighted by Crippen LogP contribution is -2.10. The van der Waals surface area contributed by atoms with Gasteiger partial charge in [-0.2, -0.15) is 0 Å². The molecule has 2 aromatic heterocycles. The largest absolute Gasteiger partial charge is 0.455 e. The Bertz CT molecular complexity index is 2810. The molecule has 0 radical (unpaired) electrons. The molecule has 0 aliphatic heterocycles. The highest BCUT2D eigenvalue weighted by molar-refractivity contribution is 6.23. The van der Waals surface area contributed by atoms with Gasteiger partial charge < -0.3 is 13.7 Å².